The van der Waals surface area contributed by atoms with Crippen molar-refractivity contribution >= 4 is 22.9 Å². The van der Waals surface area contributed by atoms with Gasteiger partial charge >= 0.3 is 0 Å². The Morgan fingerprint density at radius 3 is 2.68 bits per heavy atom. The lowest BCUT2D eigenvalue weighted by molar-refractivity contribution is 0.244. The standard InChI is InChI=1S/C18H23ClN2S/c1-2-16-8-9-17(22-16)18(14-4-6-15(19)7-5-14)21-12-3-10-20-11-13-21/h4-9,18,20H,2-3,10-13H2,1H3. The minimum Gasteiger partial charge on any atom is -0.315 e. The van der Waals surface area contributed by atoms with Gasteiger partial charge < -0.3 is 5.32 Å². The lowest BCUT2D eigenvalue weighted by atomic mass is 10.0. The summed E-state index contributed by atoms with van der Waals surface area (Å²) in [6.07, 6.45) is 2.32. The summed E-state index contributed by atoms with van der Waals surface area (Å²) in [5.41, 5.74) is 1.34. The van der Waals surface area contributed by atoms with Crippen molar-refractivity contribution in [1.29, 1.82) is 0 Å². The first-order chi connectivity index (χ1) is 10.8. The molecule has 1 N–H and O–H groups in total. The topological polar surface area (TPSA) is 15.3 Å². The van der Waals surface area contributed by atoms with E-state index in [2.05, 4.69) is 41.4 Å². The molecule has 2 heterocycles. The highest BCUT2D eigenvalue weighted by Gasteiger charge is 2.24. The molecule has 2 nitrogen and oxygen atoms in total. The van der Waals surface area contributed by atoms with Gasteiger partial charge in [0.2, 0.25) is 0 Å². The zero-order chi connectivity index (χ0) is 15.4. The number of nitrogens with zero attached hydrogens (tertiary/aromatic N) is 1. The molecule has 1 aromatic carbocycles. The Kier molecular flexibility index (Phi) is 5.53. The maximum Gasteiger partial charge on any atom is 0.0696 e. The molecule has 0 bridgehead atoms. The van der Waals surface area contributed by atoms with Crippen molar-refractivity contribution in [2.45, 2.75) is 25.8 Å². The van der Waals surface area contributed by atoms with Crippen LogP contribution in [-0.2, 0) is 6.42 Å². The summed E-state index contributed by atoms with van der Waals surface area (Å²) < 4.78 is 0. The summed E-state index contributed by atoms with van der Waals surface area (Å²) in [7, 11) is 0. The third-order valence-electron chi connectivity index (χ3n) is 4.23. The Morgan fingerprint density at radius 2 is 1.95 bits per heavy atom. The van der Waals surface area contributed by atoms with Crippen molar-refractivity contribution in [3.05, 3.63) is 56.7 Å². The van der Waals surface area contributed by atoms with Crippen LogP contribution >= 0.6 is 22.9 Å². The highest BCUT2D eigenvalue weighted by atomic mass is 35.5. The van der Waals surface area contributed by atoms with Gasteiger partial charge in [0, 0.05) is 34.4 Å². The summed E-state index contributed by atoms with van der Waals surface area (Å²) >= 11 is 8.03. The average molecular weight is 335 g/mol. The Labute approximate surface area is 142 Å². The Balaban J connectivity index is 1.94. The maximum absolute atomic E-state index is 6.08. The second kappa shape index (κ2) is 7.60. The third kappa shape index (κ3) is 3.72. The zero-order valence-electron chi connectivity index (χ0n) is 13.0. The van der Waals surface area contributed by atoms with Gasteiger partial charge in [-0.25, -0.2) is 0 Å². The van der Waals surface area contributed by atoms with E-state index >= 15 is 0 Å². The Morgan fingerprint density at radius 1 is 1.14 bits per heavy atom. The van der Waals surface area contributed by atoms with E-state index in [0.717, 1.165) is 37.6 Å². The third-order valence-corrected chi connectivity index (χ3v) is 5.76. The number of nitrogens with one attached hydrogen (secondary N) is 1. The summed E-state index contributed by atoms with van der Waals surface area (Å²) in [6.45, 7) is 6.64. The number of benzene rings is 1. The molecule has 1 unspecified atom stereocenters. The molecule has 0 aliphatic carbocycles. The van der Waals surface area contributed by atoms with E-state index in [1.54, 1.807) is 0 Å². The summed E-state index contributed by atoms with van der Waals surface area (Å²) in [5.74, 6) is 0. The molecule has 1 atom stereocenters. The first-order valence-electron chi connectivity index (χ1n) is 8.07. The summed E-state index contributed by atoms with van der Waals surface area (Å²) in [4.78, 5) is 5.51. The molecule has 118 valence electrons. The monoisotopic (exact) mass is 334 g/mol. The van der Waals surface area contributed by atoms with Crippen LogP contribution < -0.4 is 5.32 Å². The van der Waals surface area contributed by atoms with Crippen LogP contribution in [-0.4, -0.2) is 31.1 Å². The van der Waals surface area contributed by atoms with Gasteiger partial charge in [0.15, 0.2) is 0 Å². The van der Waals surface area contributed by atoms with Crippen molar-refractivity contribution in [2.75, 3.05) is 26.2 Å². The molecule has 22 heavy (non-hydrogen) atoms. The molecule has 1 fully saturated rings. The van der Waals surface area contributed by atoms with Crippen molar-refractivity contribution in [3.63, 3.8) is 0 Å². The van der Waals surface area contributed by atoms with E-state index in [1.165, 1.54) is 21.7 Å². The fourth-order valence-corrected chi connectivity index (χ4v) is 4.30. The maximum atomic E-state index is 6.08. The first kappa shape index (κ1) is 16.0. The molecular formula is C18H23ClN2S. The van der Waals surface area contributed by atoms with Gasteiger partial charge in [-0.05, 0) is 49.2 Å². The van der Waals surface area contributed by atoms with E-state index in [0.29, 0.717) is 6.04 Å². The second-order valence-corrected chi connectivity index (χ2v) is 7.39. The fourth-order valence-electron chi connectivity index (χ4n) is 3.06. The second-order valence-electron chi connectivity index (χ2n) is 5.75. The van der Waals surface area contributed by atoms with Crippen LogP contribution in [0, 0.1) is 0 Å². The van der Waals surface area contributed by atoms with E-state index in [4.69, 9.17) is 11.6 Å². The normalized spacial score (nSPS) is 18.1. The highest BCUT2D eigenvalue weighted by molar-refractivity contribution is 7.12. The number of rotatable bonds is 4. The van der Waals surface area contributed by atoms with Crippen LogP contribution in [0.4, 0.5) is 0 Å². The van der Waals surface area contributed by atoms with Gasteiger partial charge in [-0.2, -0.15) is 0 Å². The van der Waals surface area contributed by atoms with Crippen LogP contribution in [0.2, 0.25) is 5.02 Å². The molecule has 0 spiro atoms. The lowest BCUT2D eigenvalue weighted by Crippen LogP contribution is -2.32. The number of aryl methyl sites for hydroxylation is 1. The van der Waals surface area contributed by atoms with Crippen molar-refractivity contribution < 1.29 is 0 Å². The fraction of sp³-hybridized carbons (Fsp3) is 0.444. The molecular weight excluding hydrogens is 312 g/mol. The molecule has 4 heteroatoms. The highest BCUT2D eigenvalue weighted by Crippen LogP contribution is 2.34. The van der Waals surface area contributed by atoms with Gasteiger partial charge in [-0.15, -0.1) is 11.3 Å². The predicted octanol–water partition coefficient (Wildman–Crippen LogP) is 4.35. The van der Waals surface area contributed by atoms with E-state index in [-0.39, 0.29) is 0 Å². The number of hydrogen-bond donors (Lipinski definition) is 1. The lowest BCUT2D eigenvalue weighted by Gasteiger charge is -2.30. The van der Waals surface area contributed by atoms with Gasteiger partial charge in [-0.1, -0.05) is 30.7 Å². The molecule has 1 saturated heterocycles. The van der Waals surface area contributed by atoms with Crippen LogP contribution in [0.1, 0.15) is 34.7 Å². The SMILES string of the molecule is CCc1ccc(C(c2ccc(Cl)cc2)N2CCCNCC2)s1. The first-order valence-corrected chi connectivity index (χ1v) is 9.26. The van der Waals surface area contributed by atoms with Gasteiger partial charge in [-0.3, -0.25) is 4.90 Å². The van der Waals surface area contributed by atoms with E-state index in [9.17, 15) is 0 Å². The molecule has 1 aliphatic rings. The molecule has 0 amide bonds. The molecule has 1 aliphatic heterocycles. The summed E-state index contributed by atoms with van der Waals surface area (Å²) in [5, 5.41) is 4.31. The van der Waals surface area contributed by atoms with E-state index in [1.807, 2.05) is 23.5 Å². The Hall–Kier alpha value is -0.870. The van der Waals surface area contributed by atoms with Crippen LogP contribution in [0.15, 0.2) is 36.4 Å². The molecule has 1 aromatic heterocycles. The molecule has 2 aromatic rings. The van der Waals surface area contributed by atoms with Crippen LogP contribution in [0.3, 0.4) is 0 Å². The minimum absolute atomic E-state index is 0.350. The smallest absolute Gasteiger partial charge is 0.0696 e. The quantitative estimate of drug-likeness (QED) is 0.894. The number of hydrogen-bond acceptors (Lipinski definition) is 3. The summed E-state index contributed by atoms with van der Waals surface area (Å²) in [6, 6.07) is 13.3. The van der Waals surface area contributed by atoms with Crippen molar-refractivity contribution in [3.8, 4) is 0 Å². The number of thiophene rings is 1. The van der Waals surface area contributed by atoms with Crippen LogP contribution in [0.25, 0.3) is 0 Å². The van der Waals surface area contributed by atoms with Crippen LogP contribution in [0.5, 0.6) is 0 Å². The zero-order valence-corrected chi connectivity index (χ0v) is 14.6. The Bertz CT molecular complexity index is 585. The average Bonchev–Trinajstić information content (AvgIpc) is 2.84. The van der Waals surface area contributed by atoms with Gasteiger partial charge in [0.05, 0.1) is 6.04 Å². The molecule has 0 radical (unpaired) electrons. The number of halogens is 1. The van der Waals surface area contributed by atoms with Crippen molar-refractivity contribution in [2.24, 2.45) is 0 Å². The van der Waals surface area contributed by atoms with E-state index < -0.39 is 0 Å². The van der Waals surface area contributed by atoms with Crippen molar-refractivity contribution in [1.82, 2.24) is 10.2 Å². The molecule has 3 rings (SSSR count). The molecule has 0 saturated carbocycles. The largest absolute Gasteiger partial charge is 0.315 e. The van der Waals surface area contributed by atoms with Gasteiger partial charge in [0.25, 0.3) is 0 Å². The van der Waals surface area contributed by atoms with Gasteiger partial charge in [0.1, 0.15) is 0 Å². The minimum atomic E-state index is 0.350. The predicted molar refractivity (Wildman–Crippen MR) is 96.1 cm³/mol.